The minimum atomic E-state index is -4.44. The van der Waals surface area contributed by atoms with Crippen LogP contribution in [0.3, 0.4) is 0 Å². The molecule has 0 unspecified atom stereocenters. The first-order valence-corrected chi connectivity index (χ1v) is 10.0. The molecule has 1 aliphatic carbocycles. The topological polar surface area (TPSA) is 47.4 Å². The third kappa shape index (κ3) is 4.32. The lowest BCUT2D eigenvalue weighted by atomic mass is 10.1. The van der Waals surface area contributed by atoms with Crippen molar-refractivity contribution in [2.45, 2.75) is 32.9 Å². The van der Waals surface area contributed by atoms with Gasteiger partial charge in [0.05, 0.1) is 5.56 Å². The summed E-state index contributed by atoms with van der Waals surface area (Å²) in [6.07, 6.45) is 0.321. The second-order valence-corrected chi connectivity index (χ2v) is 7.83. The van der Waals surface area contributed by atoms with Crippen LogP contribution in [0.5, 0.6) is 11.6 Å². The van der Waals surface area contributed by atoms with Gasteiger partial charge >= 0.3 is 6.18 Å². The van der Waals surface area contributed by atoms with Crippen molar-refractivity contribution in [1.82, 2.24) is 9.97 Å². The molecule has 0 radical (unpaired) electrons. The van der Waals surface area contributed by atoms with Crippen LogP contribution in [0.4, 0.5) is 18.9 Å². The summed E-state index contributed by atoms with van der Waals surface area (Å²) in [7, 11) is 0. The van der Waals surface area contributed by atoms with Crippen LogP contribution in [-0.4, -0.2) is 15.7 Å². The molecule has 3 aromatic rings. The summed E-state index contributed by atoms with van der Waals surface area (Å²) in [5.41, 5.74) is 2.72. The lowest BCUT2D eigenvalue weighted by molar-refractivity contribution is -0.137. The molecule has 0 N–H and O–H groups in total. The van der Waals surface area contributed by atoms with Gasteiger partial charge in [0, 0.05) is 35.1 Å². The van der Waals surface area contributed by atoms with Gasteiger partial charge in [-0.15, -0.1) is 11.3 Å². The third-order valence-corrected chi connectivity index (χ3v) is 5.60. The number of aromatic nitrogens is 2. The molecule has 0 bridgehead atoms. The molecule has 1 aromatic carbocycles. The number of thiazole rings is 1. The maximum absolute atomic E-state index is 12.8. The summed E-state index contributed by atoms with van der Waals surface area (Å²) in [4.78, 5) is 13.0. The van der Waals surface area contributed by atoms with Crippen molar-refractivity contribution in [3.05, 3.63) is 53.2 Å². The molecule has 8 heteroatoms. The Balaban J connectivity index is 1.72. The molecule has 150 valence electrons. The smallest absolute Gasteiger partial charge is 0.417 e. The van der Waals surface area contributed by atoms with E-state index in [1.165, 1.54) is 17.4 Å². The summed E-state index contributed by atoms with van der Waals surface area (Å²) in [6.45, 7) is 3.94. The van der Waals surface area contributed by atoms with E-state index in [4.69, 9.17) is 9.73 Å². The summed E-state index contributed by atoms with van der Waals surface area (Å²) < 4.78 is 44.1. The van der Waals surface area contributed by atoms with Crippen LogP contribution in [0.2, 0.25) is 0 Å². The van der Waals surface area contributed by atoms with Gasteiger partial charge in [0.2, 0.25) is 5.88 Å². The lowest BCUT2D eigenvalue weighted by Gasteiger charge is -2.14. The van der Waals surface area contributed by atoms with Crippen molar-refractivity contribution in [3.8, 4) is 22.2 Å². The van der Waals surface area contributed by atoms with Gasteiger partial charge in [-0.25, -0.2) is 9.97 Å². The van der Waals surface area contributed by atoms with Gasteiger partial charge < -0.3 is 4.74 Å². The number of hydrogen-bond acceptors (Lipinski definition) is 5. The zero-order valence-electron chi connectivity index (χ0n) is 15.8. The first kappa shape index (κ1) is 19.6. The van der Waals surface area contributed by atoms with Gasteiger partial charge in [-0.2, -0.15) is 13.2 Å². The molecule has 0 amide bonds. The van der Waals surface area contributed by atoms with Crippen LogP contribution in [0.15, 0.2) is 47.0 Å². The maximum atomic E-state index is 12.8. The fraction of sp³-hybridized carbons (Fsp3) is 0.286. The Hall–Kier alpha value is -2.74. The highest BCUT2D eigenvalue weighted by Crippen LogP contribution is 2.42. The number of ether oxygens (including phenoxy) is 1. The van der Waals surface area contributed by atoms with Crippen molar-refractivity contribution in [2.24, 2.45) is 10.9 Å². The molecule has 4 rings (SSSR count). The number of pyridine rings is 1. The molecule has 1 aliphatic rings. The van der Waals surface area contributed by atoms with E-state index >= 15 is 0 Å². The first-order chi connectivity index (χ1) is 13.8. The van der Waals surface area contributed by atoms with Crippen molar-refractivity contribution >= 4 is 22.7 Å². The summed E-state index contributed by atoms with van der Waals surface area (Å²) in [6, 6.07) is 5.83. The molecule has 0 atom stereocenters. The van der Waals surface area contributed by atoms with Gasteiger partial charge in [-0.1, -0.05) is 0 Å². The Labute approximate surface area is 170 Å². The number of halogens is 3. The normalized spacial score (nSPS) is 14.9. The molecule has 1 saturated carbocycles. The van der Waals surface area contributed by atoms with E-state index < -0.39 is 11.7 Å². The summed E-state index contributed by atoms with van der Waals surface area (Å²) in [5, 5.41) is 2.78. The van der Waals surface area contributed by atoms with Gasteiger partial charge in [0.25, 0.3) is 0 Å². The monoisotopic (exact) mass is 417 g/mol. The standard InChI is InChI=1S/C21H18F3N3OS/c1-12-16(20-25-9-10-29-20)6-7-17(19(12)27-13(2)14-3-4-14)28-18-8-5-15(11-26-18)21(22,23)24/h5-11,14H,3-4H2,1-2H3. The second kappa shape index (κ2) is 7.59. The number of alkyl halides is 3. The molecule has 29 heavy (non-hydrogen) atoms. The maximum Gasteiger partial charge on any atom is 0.417 e. The highest BCUT2D eigenvalue weighted by Gasteiger charge is 2.31. The molecule has 0 saturated heterocycles. The highest BCUT2D eigenvalue weighted by molar-refractivity contribution is 7.13. The number of nitrogens with zero attached hydrogens (tertiary/aromatic N) is 3. The Morgan fingerprint density at radius 3 is 2.55 bits per heavy atom. The van der Waals surface area contributed by atoms with Gasteiger partial charge in [-0.3, -0.25) is 4.99 Å². The quantitative estimate of drug-likeness (QED) is 0.428. The molecular weight excluding hydrogens is 399 g/mol. The average molecular weight is 417 g/mol. The summed E-state index contributed by atoms with van der Waals surface area (Å²) >= 11 is 1.53. The van der Waals surface area contributed by atoms with Crippen LogP contribution in [-0.2, 0) is 6.18 Å². The van der Waals surface area contributed by atoms with E-state index in [1.54, 1.807) is 12.3 Å². The van der Waals surface area contributed by atoms with Gasteiger partial charge in [0.1, 0.15) is 10.7 Å². The predicted octanol–water partition coefficient (Wildman–Crippen LogP) is 6.83. The largest absolute Gasteiger partial charge is 0.437 e. The van der Waals surface area contributed by atoms with E-state index in [0.717, 1.165) is 47.0 Å². The van der Waals surface area contributed by atoms with Crippen LogP contribution < -0.4 is 4.74 Å². The minimum absolute atomic E-state index is 0.0833. The number of rotatable bonds is 5. The molecule has 2 heterocycles. The van der Waals surface area contributed by atoms with Crippen molar-refractivity contribution in [3.63, 3.8) is 0 Å². The molecular formula is C21H18F3N3OS. The van der Waals surface area contributed by atoms with Gasteiger partial charge in [0.15, 0.2) is 5.75 Å². The predicted molar refractivity (Wildman–Crippen MR) is 107 cm³/mol. The summed E-state index contributed by atoms with van der Waals surface area (Å²) in [5.74, 6) is 1.02. The fourth-order valence-corrected chi connectivity index (χ4v) is 3.69. The van der Waals surface area contributed by atoms with Crippen LogP contribution in [0.1, 0.15) is 30.9 Å². The van der Waals surface area contributed by atoms with E-state index in [0.29, 0.717) is 17.4 Å². The number of aliphatic imine (C=N–C) groups is 1. The molecule has 4 nitrogen and oxygen atoms in total. The highest BCUT2D eigenvalue weighted by atomic mass is 32.1. The first-order valence-electron chi connectivity index (χ1n) is 9.12. The molecule has 1 fully saturated rings. The molecule has 0 spiro atoms. The van der Waals surface area contributed by atoms with E-state index in [1.807, 2.05) is 25.3 Å². The Bertz CT molecular complexity index is 1040. The lowest BCUT2D eigenvalue weighted by Crippen LogP contribution is -2.05. The van der Waals surface area contributed by atoms with Crippen molar-refractivity contribution in [2.75, 3.05) is 0 Å². The van der Waals surface area contributed by atoms with Crippen LogP contribution in [0.25, 0.3) is 10.6 Å². The zero-order valence-corrected chi connectivity index (χ0v) is 16.6. The molecule has 0 aliphatic heterocycles. The van der Waals surface area contributed by atoms with E-state index in [-0.39, 0.29) is 5.88 Å². The fourth-order valence-electron chi connectivity index (χ4n) is 2.97. The third-order valence-electron chi connectivity index (χ3n) is 4.79. The van der Waals surface area contributed by atoms with Crippen molar-refractivity contribution in [1.29, 1.82) is 0 Å². The van der Waals surface area contributed by atoms with Crippen LogP contribution in [0, 0.1) is 12.8 Å². The minimum Gasteiger partial charge on any atom is -0.437 e. The van der Waals surface area contributed by atoms with E-state index in [9.17, 15) is 13.2 Å². The Morgan fingerprint density at radius 2 is 1.97 bits per heavy atom. The number of benzene rings is 1. The van der Waals surface area contributed by atoms with Crippen molar-refractivity contribution < 1.29 is 17.9 Å². The SMILES string of the molecule is CC(=Nc1c(Oc2ccc(C(F)(F)F)cn2)ccc(-c2nccs2)c1C)C1CC1. The molecule has 2 aromatic heterocycles. The van der Waals surface area contributed by atoms with Crippen LogP contribution >= 0.6 is 11.3 Å². The number of hydrogen-bond donors (Lipinski definition) is 0. The zero-order chi connectivity index (χ0) is 20.6. The Morgan fingerprint density at radius 1 is 1.17 bits per heavy atom. The van der Waals surface area contributed by atoms with Gasteiger partial charge in [-0.05, 0) is 56.4 Å². The Kier molecular flexibility index (Phi) is 5.12. The van der Waals surface area contributed by atoms with E-state index in [2.05, 4.69) is 9.97 Å². The average Bonchev–Trinajstić information content (AvgIpc) is 3.40. The second-order valence-electron chi connectivity index (χ2n) is 6.93.